The standard InChI is InChI=1S/C25H36ClFN4O3/c1-15-14-30(24(34)22(29-16(2)32)11-25(3,4)5)8-9-31(15)23(33)20-13-28-12-19(20)18-7-6-17(26)10-21(18)27/h6-7,10,15,19-20,22,28H,8-9,11-14H2,1-5H3,(H,29,32)/t15-,19-,20+,22?/m0/s1. The summed E-state index contributed by atoms with van der Waals surface area (Å²) in [6.07, 6.45) is 0.529. The fourth-order valence-corrected chi connectivity index (χ4v) is 5.20. The third-order valence-corrected chi connectivity index (χ3v) is 6.84. The van der Waals surface area contributed by atoms with Crippen LogP contribution in [0.2, 0.25) is 5.02 Å². The average Bonchev–Trinajstić information content (AvgIpc) is 3.20. The van der Waals surface area contributed by atoms with Crippen LogP contribution in [0.15, 0.2) is 18.2 Å². The normalized spacial score (nSPS) is 24.1. The minimum Gasteiger partial charge on any atom is -0.345 e. The molecule has 1 aromatic carbocycles. The predicted molar refractivity (Wildman–Crippen MR) is 130 cm³/mol. The van der Waals surface area contributed by atoms with Gasteiger partial charge in [0.25, 0.3) is 0 Å². The Morgan fingerprint density at radius 3 is 2.53 bits per heavy atom. The highest BCUT2D eigenvalue weighted by molar-refractivity contribution is 6.30. The molecule has 2 fully saturated rings. The number of amides is 3. The number of nitrogens with one attached hydrogen (secondary N) is 2. The second-order valence-corrected chi connectivity index (χ2v) is 11.2. The van der Waals surface area contributed by atoms with E-state index >= 15 is 0 Å². The van der Waals surface area contributed by atoms with Crippen molar-refractivity contribution in [1.82, 2.24) is 20.4 Å². The van der Waals surface area contributed by atoms with Gasteiger partial charge >= 0.3 is 0 Å². The zero-order chi connectivity index (χ0) is 25.2. The molecule has 188 valence electrons. The summed E-state index contributed by atoms with van der Waals surface area (Å²) in [4.78, 5) is 42.0. The number of hydrogen-bond acceptors (Lipinski definition) is 4. The third-order valence-electron chi connectivity index (χ3n) is 6.61. The van der Waals surface area contributed by atoms with Gasteiger partial charge in [0.05, 0.1) is 5.92 Å². The van der Waals surface area contributed by atoms with Gasteiger partial charge in [0.2, 0.25) is 17.7 Å². The van der Waals surface area contributed by atoms with Crippen LogP contribution in [0.25, 0.3) is 0 Å². The number of hydrogen-bond donors (Lipinski definition) is 2. The maximum atomic E-state index is 14.6. The molecule has 1 unspecified atom stereocenters. The van der Waals surface area contributed by atoms with Crippen LogP contribution in [0.4, 0.5) is 4.39 Å². The lowest BCUT2D eigenvalue weighted by Gasteiger charge is -2.42. The van der Waals surface area contributed by atoms with E-state index in [1.54, 1.807) is 21.9 Å². The predicted octanol–water partition coefficient (Wildman–Crippen LogP) is 2.78. The van der Waals surface area contributed by atoms with Crippen molar-refractivity contribution in [2.75, 3.05) is 32.7 Å². The van der Waals surface area contributed by atoms with Crippen molar-refractivity contribution < 1.29 is 18.8 Å². The van der Waals surface area contributed by atoms with Crippen molar-refractivity contribution in [2.24, 2.45) is 11.3 Å². The van der Waals surface area contributed by atoms with Crippen LogP contribution in [-0.2, 0) is 14.4 Å². The molecule has 0 bridgehead atoms. The van der Waals surface area contributed by atoms with Gasteiger partial charge in [-0.1, -0.05) is 38.4 Å². The molecule has 1 aromatic rings. The number of carbonyl (C=O) groups excluding carboxylic acids is 3. The van der Waals surface area contributed by atoms with E-state index in [0.29, 0.717) is 49.7 Å². The number of piperazine rings is 1. The molecular weight excluding hydrogens is 459 g/mol. The summed E-state index contributed by atoms with van der Waals surface area (Å²) in [5.41, 5.74) is 0.364. The Morgan fingerprint density at radius 2 is 1.94 bits per heavy atom. The first-order valence-corrected chi connectivity index (χ1v) is 12.3. The highest BCUT2D eigenvalue weighted by Gasteiger charge is 2.41. The fraction of sp³-hybridized carbons (Fsp3) is 0.640. The molecule has 2 saturated heterocycles. The lowest BCUT2D eigenvalue weighted by molar-refractivity contribution is -0.146. The van der Waals surface area contributed by atoms with Crippen molar-refractivity contribution in [3.8, 4) is 0 Å². The van der Waals surface area contributed by atoms with Crippen LogP contribution in [0.1, 0.15) is 52.5 Å². The molecule has 2 N–H and O–H groups in total. The van der Waals surface area contributed by atoms with Crippen LogP contribution in [0.5, 0.6) is 0 Å². The Hall–Kier alpha value is -2.19. The summed E-state index contributed by atoms with van der Waals surface area (Å²) in [5.74, 6) is -1.44. The molecule has 3 rings (SSSR count). The SMILES string of the molecule is CC(=O)NC(CC(C)(C)C)C(=O)N1CCN(C(=O)[C@@H]2CNC[C@H]2c2ccc(Cl)cc2F)[C@@H](C)C1. The van der Waals surface area contributed by atoms with E-state index in [1.165, 1.54) is 13.0 Å². The van der Waals surface area contributed by atoms with Crippen LogP contribution >= 0.6 is 11.6 Å². The molecule has 7 nitrogen and oxygen atoms in total. The van der Waals surface area contributed by atoms with E-state index < -0.39 is 11.9 Å². The van der Waals surface area contributed by atoms with Crippen molar-refractivity contribution in [3.05, 3.63) is 34.6 Å². The Bertz CT molecular complexity index is 935. The second-order valence-electron chi connectivity index (χ2n) is 10.7. The van der Waals surface area contributed by atoms with E-state index in [1.807, 2.05) is 27.7 Å². The van der Waals surface area contributed by atoms with Crippen molar-refractivity contribution in [3.63, 3.8) is 0 Å². The molecule has 0 saturated carbocycles. The Balaban J connectivity index is 1.69. The molecule has 2 aliphatic heterocycles. The Morgan fingerprint density at radius 1 is 1.24 bits per heavy atom. The number of halogens is 2. The third kappa shape index (κ3) is 6.27. The van der Waals surface area contributed by atoms with E-state index in [2.05, 4.69) is 10.6 Å². The van der Waals surface area contributed by atoms with Gasteiger partial charge in [-0.3, -0.25) is 14.4 Å². The molecule has 0 aromatic heterocycles. The van der Waals surface area contributed by atoms with E-state index in [9.17, 15) is 18.8 Å². The van der Waals surface area contributed by atoms with Crippen LogP contribution in [0.3, 0.4) is 0 Å². The van der Waals surface area contributed by atoms with Crippen molar-refractivity contribution in [2.45, 2.75) is 59.0 Å². The van der Waals surface area contributed by atoms with E-state index in [-0.39, 0.29) is 41.0 Å². The quantitative estimate of drug-likeness (QED) is 0.659. The van der Waals surface area contributed by atoms with Gasteiger partial charge < -0.3 is 20.4 Å². The van der Waals surface area contributed by atoms with Crippen molar-refractivity contribution >= 4 is 29.3 Å². The lowest BCUT2D eigenvalue weighted by atomic mass is 9.86. The van der Waals surface area contributed by atoms with Crippen LogP contribution < -0.4 is 10.6 Å². The minimum atomic E-state index is -0.594. The number of rotatable bonds is 5. The monoisotopic (exact) mass is 494 g/mol. The topological polar surface area (TPSA) is 81.8 Å². The molecule has 0 spiro atoms. The van der Waals surface area contributed by atoms with Gasteiger partial charge in [-0.2, -0.15) is 0 Å². The molecule has 4 atom stereocenters. The van der Waals surface area contributed by atoms with Crippen LogP contribution in [0, 0.1) is 17.2 Å². The van der Waals surface area contributed by atoms with E-state index in [0.717, 1.165) is 0 Å². The number of carbonyl (C=O) groups is 3. The minimum absolute atomic E-state index is 0.0305. The molecule has 34 heavy (non-hydrogen) atoms. The Labute approximate surface area is 206 Å². The summed E-state index contributed by atoms with van der Waals surface area (Å²) in [5, 5.41) is 6.35. The van der Waals surface area contributed by atoms with Gasteiger partial charge in [-0.15, -0.1) is 0 Å². The number of benzene rings is 1. The summed E-state index contributed by atoms with van der Waals surface area (Å²) < 4.78 is 14.6. The molecule has 2 aliphatic rings. The van der Waals surface area contributed by atoms with Crippen LogP contribution in [-0.4, -0.2) is 72.3 Å². The fourth-order valence-electron chi connectivity index (χ4n) is 5.04. The maximum Gasteiger partial charge on any atom is 0.245 e. The smallest absolute Gasteiger partial charge is 0.245 e. The zero-order valence-corrected chi connectivity index (χ0v) is 21.4. The van der Waals surface area contributed by atoms with Gasteiger partial charge in [0, 0.05) is 56.6 Å². The first-order valence-electron chi connectivity index (χ1n) is 11.9. The molecule has 0 aliphatic carbocycles. The molecule has 2 heterocycles. The lowest BCUT2D eigenvalue weighted by Crippen LogP contribution is -2.60. The van der Waals surface area contributed by atoms with Gasteiger partial charge in [0.1, 0.15) is 11.9 Å². The molecule has 9 heteroatoms. The van der Waals surface area contributed by atoms with Gasteiger partial charge in [0.15, 0.2) is 0 Å². The first-order chi connectivity index (χ1) is 15.9. The summed E-state index contributed by atoms with van der Waals surface area (Å²) >= 11 is 5.90. The average molecular weight is 495 g/mol. The Kier molecular flexibility index (Phi) is 8.24. The second kappa shape index (κ2) is 10.6. The summed E-state index contributed by atoms with van der Waals surface area (Å²) in [7, 11) is 0. The largest absolute Gasteiger partial charge is 0.345 e. The molecular formula is C25H36ClFN4O3. The highest BCUT2D eigenvalue weighted by atomic mass is 35.5. The molecule has 3 amide bonds. The first kappa shape index (κ1) is 26.4. The van der Waals surface area contributed by atoms with E-state index in [4.69, 9.17) is 11.6 Å². The zero-order valence-electron chi connectivity index (χ0n) is 20.7. The van der Waals surface area contributed by atoms with Gasteiger partial charge in [-0.25, -0.2) is 4.39 Å². The van der Waals surface area contributed by atoms with Gasteiger partial charge in [-0.05, 0) is 36.5 Å². The maximum absolute atomic E-state index is 14.6. The highest BCUT2D eigenvalue weighted by Crippen LogP contribution is 2.33. The molecule has 0 radical (unpaired) electrons. The summed E-state index contributed by atoms with van der Waals surface area (Å²) in [6.45, 7) is 11.6. The number of nitrogens with zero attached hydrogens (tertiary/aromatic N) is 2. The summed E-state index contributed by atoms with van der Waals surface area (Å²) in [6, 6.07) is 3.81. The van der Waals surface area contributed by atoms with Crippen molar-refractivity contribution in [1.29, 1.82) is 0 Å².